The van der Waals surface area contributed by atoms with Crippen molar-refractivity contribution >= 4 is 10.8 Å². The van der Waals surface area contributed by atoms with Gasteiger partial charge < -0.3 is 14.8 Å². The van der Waals surface area contributed by atoms with Crippen LogP contribution in [-0.2, 0) is 4.74 Å². The summed E-state index contributed by atoms with van der Waals surface area (Å²) in [5.41, 5.74) is 1.18. The van der Waals surface area contributed by atoms with Crippen molar-refractivity contribution < 1.29 is 9.47 Å². The topological polar surface area (TPSA) is 30.5 Å². The number of fused-ring (bicyclic) bond motifs is 1. The molecule has 1 N–H and O–H groups in total. The number of hydrogen-bond acceptors (Lipinski definition) is 3. The summed E-state index contributed by atoms with van der Waals surface area (Å²) in [5.74, 6) is 0.960. The average Bonchev–Trinajstić information content (AvgIpc) is 2.50. The van der Waals surface area contributed by atoms with Crippen LogP contribution < -0.4 is 10.1 Å². The monoisotopic (exact) mass is 287 g/mol. The Labute approximate surface area is 127 Å². The Bertz CT molecular complexity index is 580. The molecule has 2 aromatic rings. The molecule has 21 heavy (non-hydrogen) atoms. The van der Waals surface area contributed by atoms with E-state index < -0.39 is 0 Å². The molecule has 0 saturated heterocycles. The molecule has 2 rings (SSSR count). The largest absolute Gasteiger partial charge is 0.490 e. The second kappa shape index (κ2) is 7.43. The van der Waals surface area contributed by atoms with E-state index in [2.05, 4.69) is 42.6 Å². The molecule has 0 saturated carbocycles. The maximum atomic E-state index is 6.06. The van der Waals surface area contributed by atoms with E-state index in [4.69, 9.17) is 9.47 Å². The number of ether oxygens (including phenoxy) is 2. The van der Waals surface area contributed by atoms with E-state index in [1.807, 2.05) is 27.0 Å². The van der Waals surface area contributed by atoms with Crippen LogP contribution in [0.1, 0.15) is 32.4 Å². The molecule has 0 aliphatic carbocycles. The molecule has 114 valence electrons. The van der Waals surface area contributed by atoms with Crippen molar-refractivity contribution in [2.45, 2.75) is 32.9 Å². The van der Waals surface area contributed by atoms with Crippen LogP contribution in [0.2, 0.25) is 0 Å². The third-order valence-corrected chi connectivity index (χ3v) is 3.59. The molecule has 0 aliphatic heterocycles. The molecular weight excluding hydrogens is 262 g/mol. The van der Waals surface area contributed by atoms with E-state index in [-0.39, 0.29) is 12.1 Å². The Balaban J connectivity index is 2.27. The SMILES string of the molecule is CNC(C)c1ccc2ccccc2c1OCCOC(C)C. The molecule has 0 aliphatic rings. The smallest absolute Gasteiger partial charge is 0.132 e. The lowest BCUT2D eigenvalue weighted by molar-refractivity contribution is 0.0553. The van der Waals surface area contributed by atoms with Crippen molar-refractivity contribution in [3.05, 3.63) is 42.0 Å². The minimum Gasteiger partial charge on any atom is -0.490 e. The first-order chi connectivity index (χ1) is 10.1. The lowest BCUT2D eigenvalue weighted by atomic mass is 10.0. The maximum Gasteiger partial charge on any atom is 0.132 e. The second-order valence-electron chi connectivity index (χ2n) is 5.48. The van der Waals surface area contributed by atoms with Gasteiger partial charge in [-0.25, -0.2) is 0 Å². The molecule has 0 fully saturated rings. The second-order valence-corrected chi connectivity index (χ2v) is 5.48. The summed E-state index contributed by atoms with van der Waals surface area (Å²) in [6.07, 6.45) is 0.233. The van der Waals surface area contributed by atoms with Crippen molar-refractivity contribution in [3.63, 3.8) is 0 Å². The van der Waals surface area contributed by atoms with Crippen molar-refractivity contribution in [2.24, 2.45) is 0 Å². The van der Waals surface area contributed by atoms with Crippen LogP contribution in [-0.4, -0.2) is 26.4 Å². The summed E-state index contributed by atoms with van der Waals surface area (Å²) in [6, 6.07) is 12.9. The Morgan fingerprint density at radius 1 is 1.00 bits per heavy atom. The zero-order valence-corrected chi connectivity index (χ0v) is 13.3. The van der Waals surface area contributed by atoms with Gasteiger partial charge in [-0.05, 0) is 33.2 Å². The summed E-state index contributed by atoms with van der Waals surface area (Å²) in [7, 11) is 1.96. The van der Waals surface area contributed by atoms with Gasteiger partial charge >= 0.3 is 0 Å². The van der Waals surface area contributed by atoms with E-state index in [0.717, 1.165) is 11.1 Å². The van der Waals surface area contributed by atoms with Gasteiger partial charge in [-0.3, -0.25) is 0 Å². The van der Waals surface area contributed by atoms with Gasteiger partial charge in [-0.1, -0.05) is 36.4 Å². The highest BCUT2D eigenvalue weighted by Gasteiger charge is 2.13. The highest BCUT2D eigenvalue weighted by Crippen LogP contribution is 2.33. The highest BCUT2D eigenvalue weighted by atomic mass is 16.5. The first kappa shape index (κ1) is 15.8. The van der Waals surface area contributed by atoms with Gasteiger partial charge in [0.1, 0.15) is 12.4 Å². The van der Waals surface area contributed by atoms with Gasteiger partial charge in [0.25, 0.3) is 0 Å². The molecule has 0 aromatic heterocycles. The summed E-state index contributed by atoms with van der Waals surface area (Å²) in [6.45, 7) is 7.38. The standard InChI is InChI=1S/C18H25NO2/c1-13(2)20-11-12-21-18-16(14(3)19-4)10-9-15-7-5-6-8-17(15)18/h5-10,13-14,19H,11-12H2,1-4H3. The number of benzene rings is 2. The predicted molar refractivity (Wildman–Crippen MR) is 88.0 cm³/mol. The molecule has 1 unspecified atom stereocenters. The van der Waals surface area contributed by atoms with Gasteiger partial charge in [-0.15, -0.1) is 0 Å². The van der Waals surface area contributed by atoms with Gasteiger partial charge in [0, 0.05) is 17.0 Å². The number of nitrogens with one attached hydrogen (secondary N) is 1. The highest BCUT2D eigenvalue weighted by molar-refractivity contribution is 5.89. The maximum absolute atomic E-state index is 6.06. The Morgan fingerprint density at radius 3 is 2.48 bits per heavy atom. The summed E-state index contributed by atoms with van der Waals surface area (Å²) < 4.78 is 11.6. The van der Waals surface area contributed by atoms with Gasteiger partial charge in [0.15, 0.2) is 0 Å². The molecule has 3 nitrogen and oxygen atoms in total. The summed E-state index contributed by atoms with van der Waals surface area (Å²) >= 11 is 0. The molecule has 3 heteroatoms. The van der Waals surface area contributed by atoms with Crippen LogP contribution >= 0.6 is 0 Å². The zero-order chi connectivity index (χ0) is 15.2. The Hall–Kier alpha value is -1.58. The van der Waals surface area contributed by atoms with Crippen molar-refractivity contribution in [1.29, 1.82) is 0 Å². The lowest BCUT2D eigenvalue weighted by Gasteiger charge is -2.19. The van der Waals surface area contributed by atoms with E-state index in [1.165, 1.54) is 10.9 Å². The molecule has 0 heterocycles. The van der Waals surface area contributed by atoms with Crippen LogP contribution in [0.3, 0.4) is 0 Å². The van der Waals surface area contributed by atoms with Gasteiger partial charge in [0.05, 0.1) is 12.7 Å². The van der Waals surface area contributed by atoms with Crippen molar-refractivity contribution in [3.8, 4) is 5.75 Å². The number of hydrogen-bond donors (Lipinski definition) is 1. The van der Waals surface area contributed by atoms with Gasteiger partial charge in [-0.2, -0.15) is 0 Å². The summed E-state index contributed by atoms with van der Waals surface area (Å²) in [5, 5.41) is 5.64. The third kappa shape index (κ3) is 3.96. The van der Waals surface area contributed by atoms with E-state index in [1.54, 1.807) is 0 Å². The average molecular weight is 287 g/mol. The van der Waals surface area contributed by atoms with Crippen LogP contribution in [0.25, 0.3) is 10.8 Å². The Kier molecular flexibility index (Phi) is 5.59. The fraction of sp³-hybridized carbons (Fsp3) is 0.444. The minimum absolute atomic E-state index is 0.233. The van der Waals surface area contributed by atoms with Crippen molar-refractivity contribution in [1.82, 2.24) is 5.32 Å². The zero-order valence-electron chi connectivity index (χ0n) is 13.3. The quantitative estimate of drug-likeness (QED) is 0.783. The van der Waals surface area contributed by atoms with E-state index >= 15 is 0 Å². The molecule has 1 atom stereocenters. The molecule has 0 bridgehead atoms. The van der Waals surface area contributed by atoms with Crippen LogP contribution in [0, 0.1) is 0 Å². The predicted octanol–water partition coefficient (Wildman–Crippen LogP) is 3.92. The van der Waals surface area contributed by atoms with Crippen LogP contribution in [0.15, 0.2) is 36.4 Å². The molecule has 0 radical (unpaired) electrons. The Morgan fingerprint density at radius 2 is 1.76 bits per heavy atom. The normalized spacial score (nSPS) is 12.8. The molecule has 0 amide bonds. The van der Waals surface area contributed by atoms with Crippen LogP contribution in [0.5, 0.6) is 5.75 Å². The lowest BCUT2D eigenvalue weighted by Crippen LogP contribution is -2.16. The van der Waals surface area contributed by atoms with E-state index in [9.17, 15) is 0 Å². The van der Waals surface area contributed by atoms with E-state index in [0.29, 0.717) is 13.2 Å². The first-order valence-electron chi connectivity index (χ1n) is 7.56. The molecular formula is C18H25NO2. The van der Waals surface area contributed by atoms with Gasteiger partial charge in [0.2, 0.25) is 0 Å². The summed E-state index contributed by atoms with van der Waals surface area (Å²) in [4.78, 5) is 0. The number of rotatable bonds is 7. The first-order valence-corrected chi connectivity index (χ1v) is 7.56. The fourth-order valence-electron chi connectivity index (χ4n) is 2.34. The molecule has 0 spiro atoms. The van der Waals surface area contributed by atoms with Crippen LogP contribution in [0.4, 0.5) is 0 Å². The van der Waals surface area contributed by atoms with Crippen molar-refractivity contribution in [2.75, 3.05) is 20.3 Å². The molecule has 2 aromatic carbocycles. The third-order valence-electron chi connectivity index (χ3n) is 3.59. The fourth-order valence-corrected chi connectivity index (χ4v) is 2.34. The minimum atomic E-state index is 0.233.